The molecule has 1 N–H and O–H groups in total. The highest BCUT2D eigenvalue weighted by molar-refractivity contribution is 5.63. The van der Waals surface area contributed by atoms with Crippen LogP contribution in [0.3, 0.4) is 0 Å². The van der Waals surface area contributed by atoms with Crippen molar-refractivity contribution in [2.75, 3.05) is 13.1 Å². The van der Waals surface area contributed by atoms with Gasteiger partial charge >= 0.3 is 0 Å². The maximum absolute atomic E-state index is 6.09. The number of pyridine rings is 1. The van der Waals surface area contributed by atoms with E-state index >= 15 is 0 Å². The van der Waals surface area contributed by atoms with Gasteiger partial charge in [-0.05, 0) is 61.7 Å². The average molecular weight is 282 g/mol. The summed E-state index contributed by atoms with van der Waals surface area (Å²) in [5, 5.41) is 3.45. The van der Waals surface area contributed by atoms with Crippen LogP contribution in [0.1, 0.15) is 19.8 Å². The van der Waals surface area contributed by atoms with E-state index < -0.39 is 0 Å². The molecule has 21 heavy (non-hydrogen) atoms. The molecular weight excluding hydrogens is 260 g/mol. The Labute approximate surface area is 126 Å². The topological polar surface area (TPSA) is 34.1 Å². The summed E-state index contributed by atoms with van der Waals surface area (Å²) in [5.74, 6) is 1.56. The van der Waals surface area contributed by atoms with Gasteiger partial charge < -0.3 is 10.1 Å². The molecule has 2 unspecified atom stereocenters. The van der Waals surface area contributed by atoms with E-state index in [-0.39, 0.29) is 6.10 Å². The number of nitrogens with one attached hydrogen (secondary N) is 1. The monoisotopic (exact) mass is 282 g/mol. The Kier molecular flexibility index (Phi) is 4.51. The molecule has 2 atom stereocenters. The number of benzene rings is 1. The van der Waals surface area contributed by atoms with Crippen molar-refractivity contribution in [3.63, 3.8) is 0 Å². The van der Waals surface area contributed by atoms with Gasteiger partial charge in [-0.1, -0.05) is 12.1 Å². The first-order chi connectivity index (χ1) is 10.3. The molecule has 1 aliphatic rings. The average Bonchev–Trinajstić information content (AvgIpc) is 2.57. The summed E-state index contributed by atoms with van der Waals surface area (Å²) in [6.45, 7) is 4.38. The van der Waals surface area contributed by atoms with E-state index in [9.17, 15) is 0 Å². The van der Waals surface area contributed by atoms with Gasteiger partial charge in [0.2, 0.25) is 0 Å². The van der Waals surface area contributed by atoms with Crippen molar-refractivity contribution >= 4 is 0 Å². The number of aromatic nitrogens is 1. The minimum absolute atomic E-state index is 0.254. The van der Waals surface area contributed by atoms with Gasteiger partial charge in [-0.2, -0.15) is 0 Å². The minimum Gasteiger partial charge on any atom is -0.490 e. The van der Waals surface area contributed by atoms with Crippen molar-refractivity contribution in [3.05, 3.63) is 48.8 Å². The zero-order valence-corrected chi connectivity index (χ0v) is 12.5. The summed E-state index contributed by atoms with van der Waals surface area (Å²) in [4.78, 5) is 4.05. The Morgan fingerprint density at radius 3 is 2.48 bits per heavy atom. The molecule has 2 heterocycles. The maximum Gasteiger partial charge on any atom is 0.119 e. The van der Waals surface area contributed by atoms with Crippen molar-refractivity contribution in [2.45, 2.75) is 25.9 Å². The second kappa shape index (κ2) is 6.72. The summed E-state index contributed by atoms with van der Waals surface area (Å²) in [6.07, 6.45) is 6.39. The van der Waals surface area contributed by atoms with Crippen LogP contribution in [0.15, 0.2) is 48.8 Å². The summed E-state index contributed by atoms with van der Waals surface area (Å²) in [6, 6.07) is 12.4. The van der Waals surface area contributed by atoms with E-state index in [1.54, 1.807) is 0 Å². The molecule has 0 bridgehead atoms. The third-order valence-corrected chi connectivity index (χ3v) is 4.19. The van der Waals surface area contributed by atoms with Crippen molar-refractivity contribution in [1.82, 2.24) is 10.3 Å². The Morgan fingerprint density at radius 2 is 1.81 bits per heavy atom. The lowest BCUT2D eigenvalue weighted by atomic mass is 9.94. The number of nitrogens with zero attached hydrogens (tertiary/aromatic N) is 1. The summed E-state index contributed by atoms with van der Waals surface area (Å²) < 4.78 is 6.09. The number of piperidine rings is 1. The van der Waals surface area contributed by atoms with Crippen LogP contribution in [0.25, 0.3) is 11.1 Å². The van der Waals surface area contributed by atoms with Gasteiger partial charge in [0.05, 0.1) is 6.10 Å². The zero-order valence-electron chi connectivity index (χ0n) is 12.5. The first-order valence-corrected chi connectivity index (χ1v) is 7.71. The summed E-state index contributed by atoms with van der Waals surface area (Å²) in [5.41, 5.74) is 2.37. The molecule has 0 radical (unpaired) electrons. The van der Waals surface area contributed by atoms with Gasteiger partial charge in [0, 0.05) is 24.9 Å². The van der Waals surface area contributed by atoms with Crippen LogP contribution in [0.4, 0.5) is 0 Å². The largest absolute Gasteiger partial charge is 0.490 e. The molecule has 1 saturated heterocycles. The number of ether oxygens (including phenoxy) is 1. The second-order valence-electron chi connectivity index (χ2n) is 5.69. The van der Waals surface area contributed by atoms with Crippen LogP contribution in [0.5, 0.6) is 5.75 Å². The molecule has 1 fully saturated rings. The van der Waals surface area contributed by atoms with Crippen LogP contribution < -0.4 is 10.1 Å². The quantitative estimate of drug-likeness (QED) is 0.931. The van der Waals surface area contributed by atoms with E-state index in [2.05, 4.69) is 41.5 Å². The predicted molar refractivity (Wildman–Crippen MR) is 85.4 cm³/mol. The maximum atomic E-state index is 6.09. The predicted octanol–water partition coefficient (Wildman–Crippen LogP) is 3.52. The first-order valence-electron chi connectivity index (χ1n) is 7.71. The fourth-order valence-corrected chi connectivity index (χ4v) is 2.86. The highest BCUT2D eigenvalue weighted by Crippen LogP contribution is 2.24. The van der Waals surface area contributed by atoms with Gasteiger partial charge in [-0.3, -0.25) is 4.98 Å². The highest BCUT2D eigenvalue weighted by atomic mass is 16.5. The van der Waals surface area contributed by atoms with Crippen molar-refractivity contribution in [1.29, 1.82) is 0 Å². The lowest BCUT2D eigenvalue weighted by Crippen LogP contribution is -2.37. The van der Waals surface area contributed by atoms with Gasteiger partial charge in [0.25, 0.3) is 0 Å². The zero-order chi connectivity index (χ0) is 14.5. The van der Waals surface area contributed by atoms with Crippen molar-refractivity contribution in [2.24, 2.45) is 5.92 Å². The summed E-state index contributed by atoms with van der Waals surface area (Å²) >= 11 is 0. The van der Waals surface area contributed by atoms with E-state index in [0.29, 0.717) is 5.92 Å². The highest BCUT2D eigenvalue weighted by Gasteiger charge is 2.21. The Morgan fingerprint density at radius 1 is 1.10 bits per heavy atom. The van der Waals surface area contributed by atoms with Gasteiger partial charge in [0.1, 0.15) is 5.75 Å². The number of hydrogen-bond acceptors (Lipinski definition) is 3. The summed E-state index contributed by atoms with van der Waals surface area (Å²) in [7, 11) is 0. The molecule has 3 heteroatoms. The first kappa shape index (κ1) is 14.1. The van der Waals surface area contributed by atoms with Crippen LogP contribution in [-0.4, -0.2) is 24.2 Å². The van der Waals surface area contributed by atoms with Gasteiger partial charge in [0.15, 0.2) is 0 Å². The normalized spacial score (nSPS) is 20.0. The molecule has 1 aliphatic heterocycles. The van der Waals surface area contributed by atoms with Crippen LogP contribution in [0, 0.1) is 5.92 Å². The van der Waals surface area contributed by atoms with Crippen LogP contribution in [-0.2, 0) is 0 Å². The smallest absolute Gasteiger partial charge is 0.119 e. The molecule has 2 aromatic rings. The third kappa shape index (κ3) is 3.61. The van der Waals surface area contributed by atoms with Crippen molar-refractivity contribution in [3.8, 4) is 16.9 Å². The molecule has 110 valence electrons. The number of hydrogen-bond donors (Lipinski definition) is 1. The lowest BCUT2D eigenvalue weighted by molar-refractivity contribution is 0.131. The molecule has 0 spiro atoms. The molecule has 0 aliphatic carbocycles. The van der Waals surface area contributed by atoms with E-state index in [1.165, 1.54) is 24.0 Å². The fraction of sp³-hybridized carbons (Fsp3) is 0.389. The Bertz CT molecular complexity index is 547. The van der Waals surface area contributed by atoms with Crippen molar-refractivity contribution < 1.29 is 4.74 Å². The van der Waals surface area contributed by atoms with E-state index in [4.69, 9.17) is 4.74 Å². The molecule has 0 saturated carbocycles. The molecule has 0 amide bonds. The molecule has 1 aromatic heterocycles. The Hall–Kier alpha value is -1.87. The van der Waals surface area contributed by atoms with Gasteiger partial charge in [-0.15, -0.1) is 0 Å². The standard InChI is InChI=1S/C18H22N2O/c1-14(17-3-2-10-20-13-17)21-18-6-4-15(5-7-18)16-8-11-19-12-9-16/h4-9,11-12,14,17,20H,2-3,10,13H2,1H3. The molecule has 1 aromatic carbocycles. The van der Waals surface area contributed by atoms with E-state index in [1.807, 2.05) is 24.5 Å². The molecule has 3 rings (SSSR count). The molecule has 3 nitrogen and oxygen atoms in total. The Balaban J connectivity index is 1.64. The molecular formula is C18H22N2O. The lowest BCUT2D eigenvalue weighted by Gasteiger charge is -2.28. The SMILES string of the molecule is CC(Oc1ccc(-c2ccncc2)cc1)C1CCCNC1. The minimum atomic E-state index is 0.254. The second-order valence-corrected chi connectivity index (χ2v) is 5.69. The fourth-order valence-electron chi connectivity index (χ4n) is 2.86. The van der Waals surface area contributed by atoms with E-state index in [0.717, 1.165) is 18.8 Å². The third-order valence-electron chi connectivity index (χ3n) is 4.19. The van der Waals surface area contributed by atoms with Gasteiger partial charge in [-0.25, -0.2) is 0 Å². The number of rotatable bonds is 4. The van der Waals surface area contributed by atoms with Crippen LogP contribution in [0.2, 0.25) is 0 Å². The van der Waals surface area contributed by atoms with Crippen LogP contribution >= 0.6 is 0 Å².